The summed E-state index contributed by atoms with van der Waals surface area (Å²) in [5, 5.41) is 10.3. The zero-order valence-corrected chi connectivity index (χ0v) is 18.2. The summed E-state index contributed by atoms with van der Waals surface area (Å²) in [6.07, 6.45) is 3.11. The molecule has 0 amide bonds. The summed E-state index contributed by atoms with van der Waals surface area (Å²) in [6.45, 7) is 17.6. The highest BCUT2D eigenvalue weighted by Crippen LogP contribution is 2.56. The minimum Gasteiger partial charge on any atom is -0.414 e. The SMILES string of the molecule is CC1(C)COC2(C[C@H]3C[C@@H](O[Si](C)(C)C(C)(C)C)[C@H](CO)[C@H]3C2)OC1. The lowest BCUT2D eigenvalue weighted by Gasteiger charge is -2.43. The van der Waals surface area contributed by atoms with Crippen molar-refractivity contribution in [3.05, 3.63) is 0 Å². The molecule has 3 fully saturated rings. The summed E-state index contributed by atoms with van der Waals surface area (Å²) in [4.78, 5) is 0. The molecule has 3 aliphatic rings. The summed E-state index contributed by atoms with van der Waals surface area (Å²) in [7, 11) is -1.82. The van der Waals surface area contributed by atoms with Gasteiger partial charge in [-0.2, -0.15) is 0 Å². The van der Waals surface area contributed by atoms with Gasteiger partial charge in [0.05, 0.1) is 19.3 Å². The third-order valence-corrected chi connectivity index (χ3v) is 11.7. The second-order valence-corrected chi connectivity index (χ2v) is 15.7. The number of rotatable bonds is 3. The highest BCUT2D eigenvalue weighted by atomic mass is 28.4. The Morgan fingerprint density at radius 1 is 1.12 bits per heavy atom. The van der Waals surface area contributed by atoms with Gasteiger partial charge in [-0.3, -0.25) is 0 Å². The zero-order chi connectivity index (χ0) is 18.7. The molecule has 4 atom stereocenters. The van der Waals surface area contributed by atoms with Crippen LogP contribution in [-0.4, -0.2) is 45.1 Å². The van der Waals surface area contributed by atoms with Gasteiger partial charge in [-0.1, -0.05) is 34.6 Å². The van der Waals surface area contributed by atoms with Crippen molar-refractivity contribution in [2.24, 2.45) is 23.2 Å². The Morgan fingerprint density at radius 3 is 2.24 bits per heavy atom. The normalized spacial score (nSPS) is 37.4. The molecule has 0 unspecified atom stereocenters. The number of hydrogen-bond acceptors (Lipinski definition) is 4. The predicted octanol–water partition coefficient (Wildman–Crippen LogP) is 4.18. The van der Waals surface area contributed by atoms with E-state index in [1.165, 1.54) is 0 Å². The van der Waals surface area contributed by atoms with Crippen LogP contribution in [0.2, 0.25) is 18.1 Å². The van der Waals surface area contributed by atoms with Crippen molar-refractivity contribution < 1.29 is 19.0 Å². The maximum absolute atomic E-state index is 10.1. The lowest BCUT2D eigenvalue weighted by Crippen LogP contribution is -2.48. The van der Waals surface area contributed by atoms with Gasteiger partial charge in [0.15, 0.2) is 14.1 Å². The Bertz CT molecular complexity index is 486. The number of fused-ring (bicyclic) bond motifs is 1. The van der Waals surface area contributed by atoms with E-state index in [-0.39, 0.29) is 29.1 Å². The number of hydrogen-bond donors (Lipinski definition) is 1. The summed E-state index contributed by atoms with van der Waals surface area (Å²) < 4.78 is 19.2. The lowest BCUT2D eigenvalue weighted by atomic mass is 9.91. The van der Waals surface area contributed by atoms with Crippen LogP contribution in [0.5, 0.6) is 0 Å². The van der Waals surface area contributed by atoms with Gasteiger partial charge in [-0.25, -0.2) is 0 Å². The first-order valence-corrected chi connectivity index (χ1v) is 12.9. The molecule has 0 aromatic heterocycles. The zero-order valence-electron chi connectivity index (χ0n) is 17.2. The first kappa shape index (κ1) is 19.8. The Balaban J connectivity index is 1.68. The van der Waals surface area contributed by atoms with Crippen LogP contribution in [0.1, 0.15) is 53.9 Å². The molecule has 5 heteroatoms. The molecule has 0 radical (unpaired) electrons. The average Bonchev–Trinajstić information content (AvgIpc) is 2.95. The predicted molar refractivity (Wildman–Crippen MR) is 102 cm³/mol. The molecule has 0 aromatic carbocycles. The van der Waals surface area contributed by atoms with Gasteiger partial charge in [0.2, 0.25) is 0 Å². The van der Waals surface area contributed by atoms with Gasteiger partial charge in [-0.15, -0.1) is 0 Å². The fourth-order valence-electron chi connectivity index (χ4n) is 4.58. The van der Waals surface area contributed by atoms with E-state index in [0.29, 0.717) is 11.8 Å². The van der Waals surface area contributed by atoms with E-state index in [1.807, 2.05) is 0 Å². The fraction of sp³-hybridized carbons (Fsp3) is 1.00. The summed E-state index contributed by atoms with van der Waals surface area (Å²) in [5.74, 6) is 0.829. The number of aliphatic hydroxyl groups is 1. The molecule has 2 aliphatic carbocycles. The summed E-state index contributed by atoms with van der Waals surface area (Å²) >= 11 is 0. The third kappa shape index (κ3) is 3.72. The Kier molecular flexibility index (Phi) is 4.99. The van der Waals surface area contributed by atoms with E-state index in [2.05, 4.69) is 47.7 Å². The number of aliphatic hydroxyl groups excluding tert-OH is 1. The van der Waals surface area contributed by atoms with Gasteiger partial charge in [0.25, 0.3) is 0 Å². The van der Waals surface area contributed by atoms with E-state index >= 15 is 0 Å². The number of ether oxygens (including phenoxy) is 2. The standard InChI is InChI=1S/C20H38O4Si/c1-18(2,3)25(6,7)24-17-8-14-9-20(10-15(14)16(17)11-21)22-12-19(4,5)13-23-20/h14-17,21H,8-13H2,1-7H3/t14-,15+,16-,17-/m1/s1. The van der Waals surface area contributed by atoms with Crippen LogP contribution < -0.4 is 0 Å². The summed E-state index contributed by atoms with van der Waals surface area (Å²) in [5.41, 5.74) is 0.104. The quantitative estimate of drug-likeness (QED) is 0.757. The molecule has 2 saturated carbocycles. The van der Waals surface area contributed by atoms with Gasteiger partial charge in [0.1, 0.15) is 0 Å². The molecule has 4 nitrogen and oxygen atoms in total. The molecule has 0 aromatic rings. The van der Waals surface area contributed by atoms with Crippen molar-refractivity contribution in [3.8, 4) is 0 Å². The summed E-state index contributed by atoms with van der Waals surface area (Å²) in [6, 6.07) is 0. The van der Waals surface area contributed by atoms with Crippen LogP contribution in [0.3, 0.4) is 0 Å². The van der Waals surface area contributed by atoms with Crippen molar-refractivity contribution in [1.82, 2.24) is 0 Å². The molecule has 146 valence electrons. The molecule has 1 N–H and O–H groups in total. The topological polar surface area (TPSA) is 47.9 Å². The van der Waals surface area contributed by atoms with Gasteiger partial charge < -0.3 is 19.0 Å². The van der Waals surface area contributed by atoms with Crippen molar-refractivity contribution in [2.45, 2.75) is 83.9 Å². The average molecular weight is 371 g/mol. The van der Waals surface area contributed by atoms with Crippen LogP contribution in [0.25, 0.3) is 0 Å². The lowest BCUT2D eigenvalue weighted by molar-refractivity contribution is -0.298. The van der Waals surface area contributed by atoms with Crippen molar-refractivity contribution in [2.75, 3.05) is 19.8 Å². The van der Waals surface area contributed by atoms with Crippen molar-refractivity contribution >= 4 is 8.32 Å². The van der Waals surface area contributed by atoms with E-state index < -0.39 is 14.1 Å². The van der Waals surface area contributed by atoms with Crippen LogP contribution in [-0.2, 0) is 13.9 Å². The van der Waals surface area contributed by atoms with Gasteiger partial charge >= 0.3 is 0 Å². The molecule has 3 rings (SSSR count). The minimum absolute atomic E-state index is 0.104. The van der Waals surface area contributed by atoms with Crippen molar-refractivity contribution in [1.29, 1.82) is 0 Å². The van der Waals surface area contributed by atoms with E-state index in [0.717, 1.165) is 32.5 Å². The van der Waals surface area contributed by atoms with E-state index in [1.54, 1.807) is 0 Å². The monoisotopic (exact) mass is 370 g/mol. The maximum atomic E-state index is 10.1. The first-order valence-electron chi connectivity index (χ1n) is 9.95. The molecule has 1 spiro atoms. The van der Waals surface area contributed by atoms with Crippen LogP contribution in [0.4, 0.5) is 0 Å². The Morgan fingerprint density at radius 2 is 1.72 bits per heavy atom. The van der Waals surface area contributed by atoms with Crippen LogP contribution in [0.15, 0.2) is 0 Å². The molecule has 1 saturated heterocycles. The first-order chi connectivity index (χ1) is 11.4. The largest absolute Gasteiger partial charge is 0.414 e. The Hall–Kier alpha value is 0.0569. The fourth-order valence-corrected chi connectivity index (χ4v) is 5.97. The van der Waals surface area contributed by atoms with Crippen LogP contribution >= 0.6 is 0 Å². The molecular formula is C20H38O4Si. The molecule has 1 aliphatic heterocycles. The highest BCUT2D eigenvalue weighted by Gasteiger charge is 2.58. The minimum atomic E-state index is -1.82. The second-order valence-electron chi connectivity index (χ2n) is 11.0. The molecular weight excluding hydrogens is 332 g/mol. The molecule has 25 heavy (non-hydrogen) atoms. The Labute approximate surface area is 154 Å². The third-order valence-electron chi connectivity index (χ3n) is 7.20. The smallest absolute Gasteiger partial charge is 0.192 e. The van der Waals surface area contributed by atoms with Gasteiger partial charge in [0, 0.05) is 30.8 Å². The molecule has 0 bridgehead atoms. The van der Waals surface area contributed by atoms with E-state index in [4.69, 9.17) is 13.9 Å². The highest BCUT2D eigenvalue weighted by molar-refractivity contribution is 6.74. The second kappa shape index (κ2) is 6.30. The van der Waals surface area contributed by atoms with Crippen molar-refractivity contribution in [3.63, 3.8) is 0 Å². The maximum Gasteiger partial charge on any atom is 0.192 e. The van der Waals surface area contributed by atoms with Gasteiger partial charge in [-0.05, 0) is 36.4 Å². The van der Waals surface area contributed by atoms with E-state index in [9.17, 15) is 5.11 Å². The van der Waals surface area contributed by atoms with Crippen LogP contribution in [0, 0.1) is 23.2 Å². The molecule has 1 heterocycles.